The van der Waals surface area contributed by atoms with Crippen molar-refractivity contribution in [2.45, 2.75) is 63.2 Å². The molecule has 47 heavy (non-hydrogen) atoms. The predicted molar refractivity (Wildman–Crippen MR) is 179 cm³/mol. The van der Waals surface area contributed by atoms with Gasteiger partial charge in [-0.1, -0.05) is 146 Å². The second kappa shape index (κ2) is 15.2. The summed E-state index contributed by atoms with van der Waals surface area (Å²) in [5.41, 5.74) is 6.26. The van der Waals surface area contributed by atoms with Crippen LogP contribution in [-0.2, 0) is 67.2 Å². The van der Waals surface area contributed by atoms with Gasteiger partial charge in [0.2, 0.25) is 5.79 Å². The Morgan fingerprint density at radius 3 is 1.55 bits per heavy atom. The van der Waals surface area contributed by atoms with Gasteiger partial charge in [-0.05, 0) is 27.8 Å². The van der Waals surface area contributed by atoms with Gasteiger partial charge < -0.3 is 28.4 Å². The summed E-state index contributed by atoms with van der Waals surface area (Å²) in [4.78, 5) is 0. The number of benzene rings is 5. The van der Waals surface area contributed by atoms with Gasteiger partial charge in [0.15, 0.2) is 0 Å². The summed E-state index contributed by atoms with van der Waals surface area (Å²) in [5, 5.41) is 0. The third kappa shape index (κ3) is 7.39. The van der Waals surface area contributed by atoms with E-state index in [9.17, 15) is 0 Å². The molecule has 0 saturated carbocycles. The van der Waals surface area contributed by atoms with Gasteiger partial charge in [0, 0.05) is 5.56 Å². The van der Waals surface area contributed by atoms with Gasteiger partial charge in [0.25, 0.3) is 0 Å². The normalized spacial score (nSPS) is 23.5. The van der Waals surface area contributed by atoms with Gasteiger partial charge in [-0.2, -0.15) is 0 Å². The quantitative estimate of drug-likeness (QED) is 0.133. The molecule has 5 aromatic carbocycles. The molecular formula is C41H40O6. The average Bonchev–Trinajstić information content (AvgIpc) is 3.50. The van der Waals surface area contributed by atoms with E-state index in [-0.39, 0.29) is 6.61 Å². The molecule has 1 fully saturated rings. The Morgan fingerprint density at radius 2 is 0.979 bits per heavy atom. The topological polar surface area (TPSA) is 55.4 Å². The summed E-state index contributed by atoms with van der Waals surface area (Å²) in [7, 11) is 0. The first-order chi connectivity index (χ1) is 23.3. The maximum Gasteiger partial charge on any atom is 0.225 e. The lowest BCUT2D eigenvalue weighted by Gasteiger charge is -2.51. The van der Waals surface area contributed by atoms with Crippen LogP contribution < -0.4 is 0 Å². The van der Waals surface area contributed by atoms with Crippen LogP contribution in [0.25, 0.3) is 0 Å². The summed E-state index contributed by atoms with van der Waals surface area (Å²) < 4.78 is 40.7. The zero-order valence-electron chi connectivity index (χ0n) is 26.4. The van der Waals surface area contributed by atoms with Crippen LogP contribution in [0, 0.1) is 0 Å². The molecule has 5 atom stereocenters. The van der Waals surface area contributed by atoms with E-state index < -0.39 is 30.2 Å². The first-order valence-electron chi connectivity index (χ1n) is 16.3. The maximum absolute atomic E-state index is 7.11. The van der Waals surface area contributed by atoms with Crippen LogP contribution in [0.1, 0.15) is 33.4 Å². The molecule has 2 aliphatic heterocycles. The number of ether oxygens (including phenoxy) is 6. The van der Waals surface area contributed by atoms with E-state index in [4.69, 9.17) is 28.4 Å². The van der Waals surface area contributed by atoms with Crippen LogP contribution in [-0.4, -0.2) is 31.0 Å². The van der Waals surface area contributed by atoms with Crippen LogP contribution in [0.2, 0.25) is 0 Å². The largest absolute Gasteiger partial charge is 0.374 e. The smallest absolute Gasteiger partial charge is 0.225 e. The third-order valence-corrected chi connectivity index (χ3v) is 8.76. The summed E-state index contributed by atoms with van der Waals surface area (Å²) in [5.74, 6) is -1.22. The molecule has 0 bridgehead atoms. The SMILES string of the molecule is c1ccc(COC[C@H]2OC3(OCc4ccccc43)[C@H](OCc3ccccc3)[C@@H](OCc3ccccc3)[C@H]2OCc2ccccc2)cc1. The van der Waals surface area contributed by atoms with Crippen LogP contribution in [0.15, 0.2) is 146 Å². The van der Waals surface area contributed by atoms with Gasteiger partial charge in [0.1, 0.15) is 24.4 Å². The molecule has 6 nitrogen and oxygen atoms in total. The Hall–Kier alpha value is -4.14. The van der Waals surface area contributed by atoms with E-state index in [2.05, 4.69) is 60.7 Å². The highest BCUT2D eigenvalue weighted by atomic mass is 16.7. The summed E-state index contributed by atoms with van der Waals surface area (Å²) in [6, 6.07) is 48.9. The van der Waals surface area contributed by atoms with Gasteiger partial charge >= 0.3 is 0 Å². The predicted octanol–water partition coefficient (Wildman–Crippen LogP) is 7.74. The van der Waals surface area contributed by atoms with Crippen molar-refractivity contribution in [1.82, 2.24) is 0 Å². The molecule has 7 rings (SSSR count). The van der Waals surface area contributed by atoms with Crippen molar-refractivity contribution in [3.05, 3.63) is 179 Å². The lowest BCUT2D eigenvalue weighted by Crippen LogP contribution is -2.65. The van der Waals surface area contributed by atoms with Crippen molar-refractivity contribution in [1.29, 1.82) is 0 Å². The van der Waals surface area contributed by atoms with Gasteiger partial charge in [0.05, 0.1) is 39.6 Å². The molecule has 1 unspecified atom stereocenters. The van der Waals surface area contributed by atoms with Crippen molar-refractivity contribution >= 4 is 0 Å². The molecule has 0 amide bonds. The third-order valence-electron chi connectivity index (χ3n) is 8.76. The van der Waals surface area contributed by atoms with E-state index in [0.717, 1.165) is 33.4 Å². The molecule has 1 saturated heterocycles. The second-order valence-electron chi connectivity index (χ2n) is 12.0. The van der Waals surface area contributed by atoms with Crippen LogP contribution >= 0.6 is 0 Å². The molecule has 0 aromatic heterocycles. The fourth-order valence-corrected chi connectivity index (χ4v) is 6.42. The van der Waals surface area contributed by atoms with E-state index in [1.807, 2.05) is 84.9 Å². The minimum Gasteiger partial charge on any atom is -0.374 e. The number of hydrogen-bond acceptors (Lipinski definition) is 6. The number of hydrogen-bond donors (Lipinski definition) is 0. The number of fused-ring (bicyclic) bond motifs is 2. The monoisotopic (exact) mass is 628 g/mol. The van der Waals surface area contributed by atoms with Gasteiger partial charge in [-0.3, -0.25) is 0 Å². The molecular weight excluding hydrogens is 588 g/mol. The summed E-state index contributed by atoms with van der Waals surface area (Å²) in [6.07, 6.45) is -2.27. The Labute approximate surface area is 276 Å². The minimum atomic E-state index is -1.22. The van der Waals surface area contributed by atoms with Crippen LogP contribution in [0.4, 0.5) is 0 Å². The summed E-state index contributed by atoms with van der Waals surface area (Å²) >= 11 is 0. The maximum atomic E-state index is 7.11. The Kier molecular flexibility index (Phi) is 10.2. The Bertz CT molecular complexity index is 1670. The van der Waals surface area contributed by atoms with Crippen molar-refractivity contribution in [3.8, 4) is 0 Å². The number of rotatable bonds is 13. The molecule has 2 heterocycles. The van der Waals surface area contributed by atoms with E-state index in [1.54, 1.807) is 0 Å². The Balaban J connectivity index is 1.26. The van der Waals surface area contributed by atoms with Gasteiger partial charge in [-0.15, -0.1) is 0 Å². The molecule has 0 aliphatic carbocycles. The van der Waals surface area contributed by atoms with Crippen molar-refractivity contribution in [3.63, 3.8) is 0 Å². The molecule has 240 valence electrons. The fraction of sp³-hybridized carbons (Fsp3) is 0.268. The van der Waals surface area contributed by atoms with E-state index in [0.29, 0.717) is 33.0 Å². The van der Waals surface area contributed by atoms with E-state index in [1.165, 1.54) is 0 Å². The molecule has 2 aliphatic rings. The standard InChI is InChI=1S/C41H40O6/c1-5-15-31(16-6-1)25-42-30-37-38(43-26-32-17-7-2-8-18-32)39(44-27-33-19-9-3-10-20-33)40(45-28-34-21-11-4-12-22-34)41(47-37)36-24-14-13-23-35(36)29-46-41/h1-24,37-40H,25-30H2/t37-,38+,39+,40-,41?/m1/s1. The second-order valence-corrected chi connectivity index (χ2v) is 12.0. The molecule has 0 N–H and O–H groups in total. The first-order valence-corrected chi connectivity index (χ1v) is 16.3. The van der Waals surface area contributed by atoms with Crippen molar-refractivity contribution in [2.75, 3.05) is 6.61 Å². The highest BCUT2D eigenvalue weighted by Crippen LogP contribution is 2.49. The lowest BCUT2D eigenvalue weighted by molar-refractivity contribution is -0.387. The zero-order valence-corrected chi connectivity index (χ0v) is 26.4. The fourth-order valence-electron chi connectivity index (χ4n) is 6.42. The highest BCUT2D eigenvalue weighted by Gasteiger charge is 2.61. The van der Waals surface area contributed by atoms with Crippen molar-refractivity contribution in [2.24, 2.45) is 0 Å². The van der Waals surface area contributed by atoms with E-state index >= 15 is 0 Å². The Morgan fingerprint density at radius 1 is 0.511 bits per heavy atom. The van der Waals surface area contributed by atoms with Crippen molar-refractivity contribution < 1.29 is 28.4 Å². The molecule has 1 spiro atoms. The summed E-state index contributed by atoms with van der Waals surface area (Å²) in [6.45, 7) is 2.23. The minimum absolute atomic E-state index is 0.276. The first kappa shape index (κ1) is 31.5. The molecule has 6 heteroatoms. The average molecular weight is 629 g/mol. The lowest BCUT2D eigenvalue weighted by atomic mass is 9.87. The molecule has 0 radical (unpaired) electrons. The highest BCUT2D eigenvalue weighted by molar-refractivity contribution is 5.36. The van der Waals surface area contributed by atoms with Gasteiger partial charge in [-0.25, -0.2) is 0 Å². The van der Waals surface area contributed by atoms with Crippen LogP contribution in [0.3, 0.4) is 0 Å². The zero-order chi connectivity index (χ0) is 31.7. The molecule has 5 aromatic rings. The van der Waals surface area contributed by atoms with Crippen LogP contribution in [0.5, 0.6) is 0 Å².